The number of para-hydroxylation sites is 1. The molecule has 90 valence electrons. The van der Waals surface area contributed by atoms with Crippen molar-refractivity contribution in [1.82, 2.24) is 0 Å². The third-order valence-electron chi connectivity index (χ3n) is 2.55. The summed E-state index contributed by atoms with van der Waals surface area (Å²) in [7, 11) is 0. The number of fused-ring (bicyclic) bond motifs is 2. The molecule has 0 fully saturated rings. The maximum Gasteiger partial charge on any atom is 0.409 e. The molecule has 18 heavy (non-hydrogen) atoms. The predicted molar refractivity (Wildman–Crippen MR) is 70.5 cm³/mol. The first-order valence-electron chi connectivity index (χ1n) is 5.37. The minimum Gasteiger partial charge on any atom is -0.410 e. The molecule has 1 amide bonds. The van der Waals surface area contributed by atoms with Crippen LogP contribution in [0.1, 0.15) is 0 Å². The minimum atomic E-state index is -0.802. The number of nitrogens with one attached hydrogen (secondary N) is 1. The summed E-state index contributed by atoms with van der Waals surface area (Å²) >= 11 is 1.63. The second-order valence-corrected chi connectivity index (χ2v) is 4.89. The molecule has 0 radical (unpaired) electrons. The molecule has 0 bridgehead atoms. The molecule has 0 aromatic heterocycles. The van der Waals surface area contributed by atoms with Gasteiger partial charge in [-0.1, -0.05) is 23.9 Å². The number of carbonyl (C=O) groups is 1. The minimum absolute atomic E-state index is 0.454. The second kappa shape index (κ2) is 4.27. The molecule has 1 aliphatic rings. The van der Waals surface area contributed by atoms with Crippen molar-refractivity contribution >= 4 is 29.2 Å². The number of nitrogens with two attached hydrogens (primary N) is 1. The highest BCUT2D eigenvalue weighted by atomic mass is 32.2. The van der Waals surface area contributed by atoms with Gasteiger partial charge in [-0.2, -0.15) is 0 Å². The van der Waals surface area contributed by atoms with Crippen molar-refractivity contribution in [1.29, 1.82) is 0 Å². The fourth-order valence-electron chi connectivity index (χ4n) is 1.79. The van der Waals surface area contributed by atoms with Gasteiger partial charge in [0.25, 0.3) is 0 Å². The highest BCUT2D eigenvalue weighted by molar-refractivity contribution is 7.99. The van der Waals surface area contributed by atoms with Crippen LogP contribution in [0.2, 0.25) is 0 Å². The molecule has 1 heterocycles. The van der Waals surface area contributed by atoms with Gasteiger partial charge < -0.3 is 15.8 Å². The topological polar surface area (TPSA) is 64.4 Å². The molecular formula is C13H10N2O2S. The molecule has 0 saturated heterocycles. The Balaban J connectivity index is 1.96. The lowest BCUT2D eigenvalue weighted by Crippen LogP contribution is -2.16. The van der Waals surface area contributed by atoms with Gasteiger partial charge in [-0.15, -0.1) is 0 Å². The molecule has 0 aliphatic carbocycles. The van der Waals surface area contributed by atoms with Gasteiger partial charge in [0, 0.05) is 9.79 Å². The predicted octanol–water partition coefficient (Wildman–Crippen LogP) is 3.35. The first kappa shape index (κ1) is 11.0. The van der Waals surface area contributed by atoms with E-state index in [4.69, 9.17) is 10.5 Å². The van der Waals surface area contributed by atoms with Crippen LogP contribution >= 0.6 is 11.8 Å². The Kier molecular flexibility index (Phi) is 2.60. The number of hydrogen-bond acceptors (Lipinski definition) is 4. The van der Waals surface area contributed by atoms with Crippen LogP contribution in [0, 0.1) is 0 Å². The van der Waals surface area contributed by atoms with E-state index in [0.717, 1.165) is 21.2 Å². The third kappa shape index (κ3) is 2.00. The molecule has 5 heteroatoms. The van der Waals surface area contributed by atoms with E-state index in [1.54, 1.807) is 23.9 Å². The van der Waals surface area contributed by atoms with Crippen LogP contribution in [0.15, 0.2) is 52.3 Å². The van der Waals surface area contributed by atoms with Crippen LogP contribution in [0.3, 0.4) is 0 Å². The Morgan fingerprint density at radius 2 is 1.89 bits per heavy atom. The largest absolute Gasteiger partial charge is 0.410 e. The maximum absolute atomic E-state index is 10.7. The lowest BCUT2D eigenvalue weighted by Gasteiger charge is -2.20. The van der Waals surface area contributed by atoms with Crippen molar-refractivity contribution < 1.29 is 9.53 Å². The smallest absolute Gasteiger partial charge is 0.409 e. The molecule has 0 saturated carbocycles. The number of anilines is 2. The fraction of sp³-hybridized carbons (Fsp3) is 0. The van der Waals surface area contributed by atoms with Crippen LogP contribution in [0.25, 0.3) is 0 Å². The van der Waals surface area contributed by atoms with E-state index in [9.17, 15) is 4.79 Å². The Labute approximate surface area is 108 Å². The second-order valence-electron chi connectivity index (χ2n) is 3.80. The number of primary amides is 1. The van der Waals surface area contributed by atoms with Gasteiger partial charge in [0.15, 0.2) is 0 Å². The van der Waals surface area contributed by atoms with E-state index >= 15 is 0 Å². The van der Waals surface area contributed by atoms with Gasteiger partial charge in [0.2, 0.25) is 0 Å². The molecule has 3 N–H and O–H groups in total. The maximum atomic E-state index is 10.7. The van der Waals surface area contributed by atoms with Crippen molar-refractivity contribution in [3.05, 3.63) is 42.5 Å². The molecule has 4 nitrogen and oxygen atoms in total. The molecule has 3 rings (SSSR count). The summed E-state index contributed by atoms with van der Waals surface area (Å²) in [4.78, 5) is 12.9. The number of amides is 1. The van der Waals surface area contributed by atoms with Crippen molar-refractivity contribution in [2.45, 2.75) is 9.79 Å². The quantitative estimate of drug-likeness (QED) is 0.702. The average molecular weight is 258 g/mol. The summed E-state index contributed by atoms with van der Waals surface area (Å²) in [6.45, 7) is 0. The molecule has 0 spiro atoms. The molecule has 0 atom stereocenters. The van der Waals surface area contributed by atoms with Gasteiger partial charge >= 0.3 is 6.09 Å². The normalized spacial score (nSPS) is 12.0. The Morgan fingerprint density at radius 3 is 2.72 bits per heavy atom. The summed E-state index contributed by atoms with van der Waals surface area (Å²) < 4.78 is 4.87. The van der Waals surface area contributed by atoms with Gasteiger partial charge in [-0.05, 0) is 30.3 Å². The molecule has 0 unspecified atom stereocenters. The Bertz CT molecular complexity index is 628. The molecule has 2 aromatic carbocycles. The van der Waals surface area contributed by atoms with E-state index in [-0.39, 0.29) is 0 Å². The summed E-state index contributed by atoms with van der Waals surface area (Å²) in [5.41, 5.74) is 7.07. The standard InChI is InChI=1S/C13H10N2O2S/c14-13(16)17-8-5-6-10-12(7-8)18-11-4-2-1-3-9(11)15-10/h1-7,15H,(H2,14,16). The lowest BCUT2D eigenvalue weighted by molar-refractivity contribution is 0.211. The van der Waals surface area contributed by atoms with Gasteiger partial charge in [0.05, 0.1) is 11.4 Å². The monoisotopic (exact) mass is 258 g/mol. The highest BCUT2D eigenvalue weighted by Gasteiger charge is 2.15. The van der Waals surface area contributed by atoms with E-state index in [0.29, 0.717) is 5.75 Å². The SMILES string of the molecule is NC(=O)Oc1ccc2c(c1)Sc1ccccc1N2. The van der Waals surface area contributed by atoms with Crippen molar-refractivity contribution in [3.63, 3.8) is 0 Å². The van der Waals surface area contributed by atoms with Gasteiger partial charge in [0.1, 0.15) is 5.75 Å². The number of carbonyl (C=O) groups excluding carboxylic acids is 1. The van der Waals surface area contributed by atoms with Gasteiger partial charge in [-0.25, -0.2) is 4.79 Å². The van der Waals surface area contributed by atoms with Crippen LogP contribution in [0.4, 0.5) is 16.2 Å². The van der Waals surface area contributed by atoms with Crippen LogP contribution in [0.5, 0.6) is 5.75 Å². The van der Waals surface area contributed by atoms with E-state index in [1.165, 1.54) is 0 Å². The Hall–Kier alpha value is -2.14. The lowest BCUT2D eigenvalue weighted by atomic mass is 10.2. The molecule has 2 aromatic rings. The fourth-order valence-corrected chi connectivity index (χ4v) is 2.81. The zero-order valence-corrected chi connectivity index (χ0v) is 10.2. The zero-order chi connectivity index (χ0) is 12.5. The van der Waals surface area contributed by atoms with E-state index in [1.807, 2.05) is 30.3 Å². The van der Waals surface area contributed by atoms with E-state index in [2.05, 4.69) is 5.32 Å². The van der Waals surface area contributed by atoms with Gasteiger partial charge in [-0.3, -0.25) is 0 Å². The molecular weight excluding hydrogens is 248 g/mol. The first-order valence-corrected chi connectivity index (χ1v) is 6.19. The van der Waals surface area contributed by atoms with Crippen molar-refractivity contribution in [2.75, 3.05) is 5.32 Å². The van der Waals surface area contributed by atoms with Crippen LogP contribution < -0.4 is 15.8 Å². The highest BCUT2D eigenvalue weighted by Crippen LogP contribution is 2.45. The summed E-state index contributed by atoms with van der Waals surface area (Å²) in [5, 5.41) is 3.33. The first-order chi connectivity index (χ1) is 8.72. The number of hydrogen-bond donors (Lipinski definition) is 2. The van der Waals surface area contributed by atoms with Crippen molar-refractivity contribution in [2.24, 2.45) is 5.73 Å². The molecule has 1 aliphatic heterocycles. The third-order valence-corrected chi connectivity index (χ3v) is 3.68. The van der Waals surface area contributed by atoms with Crippen LogP contribution in [-0.2, 0) is 0 Å². The summed E-state index contributed by atoms with van der Waals surface area (Å²) in [6.07, 6.45) is -0.802. The zero-order valence-electron chi connectivity index (χ0n) is 9.34. The van der Waals surface area contributed by atoms with Crippen molar-refractivity contribution in [3.8, 4) is 5.75 Å². The van der Waals surface area contributed by atoms with Crippen LogP contribution in [-0.4, -0.2) is 6.09 Å². The Morgan fingerprint density at radius 1 is 1.11 bits per heavy atom. The average Bonchev–Trinajstić information content (AvgIpc) is 2.35. The number of ether oxygens (including phenoxy) is 1. The van der Waals surface area contributed by atoms with E-state index < -0.39 is 6.09 Å². The number of benzene rings is 2. The number of rotatable bonds is 1. The summed E-state index contributed by atoms with van der Waals surface area (Å²) in [5.74, 6) is 0.454. The summed E-state index contributed by atoms with van der Waals surface area (Å²) in [6, 6.07) is 13.4.